The zero-order valence-corrected chi connectivity index (χ0v) is 14.4. The van der Waals surface area contributed by atoms with Gasteiger partial charge in [0.2, 0.25) is 0 Å². The van der Waals surface area contributed by atoms with Crippen LogP contribution in [0.4, 0.5) is 0 Å². The second kappa shape index (κ2) is 9.60. The maximum atomic E-state index is 12.0. The van der Waals surface area contributed by atoms with E-state index in [1.807, 2.05) is 19.1 Å². The van der Waals surface area contributed by atoms with E-state index in [2.05, 4.69) is 11.9 Å². The van der Waals surface area contributed by atoms with Gasteiger partial charge in [0.15, 0.2) is 18.1 Å². The van der Waals surface area contributed by atoms with Crippen LogP contribution < -0.4 is 14.8 Å². The van der Waals surface area contributed by atoms with Gasteiger partial charge in [0.1, 0.15) is 6.04 Å². The second-order valence-electron chi connectivity index (χ2n) is 5.54. The van der Waals surface area contributed by atoms with Crippen molar-refractivity contribution in [1.82, 2.24) is 5.32 Å². The Balaban J connectivity index is 2.69. The number of benzene rings is 1. The third-order valence-corrected chi connectivity index (χ3v) is 3.76. The summed E-state index contributed by atoms with van der Waals surface area (Å²) in [7, 11) is 1.52. The first-order chi connectivity index (χ1) is 11.4. The van der Waals surface area contributed by atoms with Gasteiger partial charge in [-0.3, -0.25) is 4.79 Å². The fraction of sp³-hybridized carbons (Fsp3) is 0.444. The zero-order valence-electron chi connectivity index (χ0n) is 14.4. The Bertz CT molecular complexity index is 585. The lowest BCUT2D eigenvalue weighted by molar-refractivity contribution is -0.143. The summed E-state index contributed by atoms with van der Waals surface area (Å²) in [6.45, 7) is 7.06. The average molecular weight is 335 g/mol. The Labute approximate surface area is 142 Å². The SMILES string of the molecule is C=CCc1ccc(OCC(=O)N[C@H](C(=O)O)[C@@H](C)CC)c(OC)c1. The normalized spacial score (nSPS) is 12.8. The van der Waals surface area contributed by atoms with Gasteiger partial charge in [0, 0.05) is 0 Å². The third-order valence-electron chi connectivity index (χ3n) is 3.76. The van der Waals surface area contributed by atoms with Crippen molar-refractivity contribution in [3.63, 3.8) is 0 Å². The molecule has 1 aromatic rings. The molecule has 2 atom stereocenters. The van der Waals surface area contributed by atoms with Crippen molar-refractivity contribution in [2.45, 2.75) is 32.7 Å². The van der Waals surface area contributed by atoms with Crippen LogP contribution in [0.25, 0.3) is 0 Å². The molecule has 1 aromatic carbocycles. The van der Waals surface area contributed by atoms with E-state index in [1.54, 1.807) is 19.1 Å². The van der Waals surface area contributed by atoms with E-state index in [9.17, 15) is 14.7 Å². The molecule has 0 fully saturated rings. The largest absolute Gasteiger partial charge is 0.493 e. The summed E-state index contributed by atoms with van der Waals surface area (Å²) in [6, 6.07) is 4.46. The molecule has 0 bridgehead atoms. The van der Waals surface area contributed by atoms with Crippen LogP contribution in [0.2, 0.25) is 0 Å². The number of amides is 1. The first kappa shape index (κ1) is 19.5. The van der Waals surface area contributed by atoms with Crippen molar-refractivity contribution >= 4 is 11.9 Å². The first-order valence-corrected chi connectivity index (χ1v) is 7.85. The third kappa shape index (κ3) is 5.61. The fourth-order valence-electron chi connectivity index (χ4n) is 2.17. The predicted molar refractivity (Wildman–Crippen MR) is 91.4 cm³/mol. The quantitative estimate of drug-likeness (QED) is 0.642. The minimum absolute atomic E-state index is 0.167. The monoisotopic (exact) mass is 335 g/mol. The number of rotatable bonds is 10. The van der Waals surface area contributed by atoms with E-state index in [4.69, 9.17) is 9.47 Å². The highest BCUT2D eigenvalue weighted by Crippen LogP contribution is 2.28. The van der Waals surface area contributed by atoms with Crippen molar-refractivity contribution < 1.29 is 24.2 Å². The van der Waals surface area contributed by atoms with Crippen LogP contribution in [-0.2, 0) is 16.0 Å². The summed E-state index contributed by atoms with van der Waals surface area (Å²) in [5.74, 6) is -0.766. The van der Waals surface area contributed by atoms with Gasteiger partial charge >= 0.3 is 5.97 Å². The lowest BCUT2D eigenvalue weighted by Crippen LogP contribution is -2.46. The molecular formula is C18H25NO5. The maximum Gasteiger partial charge on any atom is 0.326 e. The summed E-state index contributed by atoms with van der Waals surface area (Å²) >= 11 is 0. The molecule has 0 radical (unpaired) electrons. The standard InChI is InChI=1S/C18H25NO5/c1-5-7-13-8-9-14(15(10-13)23-4)24-11-16(20)19-17(18(21)22)12(3)6-2/h5,8-10,12,17H,1,6-7,11H2,2-4H3,(H,19,20)(H,21,22)/t12-,17-/m0/s1. The molecule has 0 saturated heterocycles. The van der Waals surface area contributed by atoms with Crippen molar-refractivity contribution in [2.75, 3.05) is 13.7 Å². The summed E-state index contributed by atoms with van der Waals surface area (Å²) in [5, 5.41) is 11.7. The molecule has 0 aliphatic carbocycles. The molecule has 24 heavy (non-hydrogen) atoms. The van der Waals surface area contributed by atoms with Gasteiger partial charge in [-0.2, -0.15) is 0 Å². The summed E-state index contributed by atoms with van der Waals surface area (Å²) in [6.07, 6.45) is 3.13. The number of carbonyl (C=O) groups is 2. The molecule has 6 heteroatoms. The number of hydrogen-bond donors (Lipinski definition) is 2. The van der Waals surface area contributed by atoms with Gasteiger partial charge < -0.3 is 19.9 Å². The molecule has 1 rings (SSSR count). The van der Waals surface area contributed by atoms with Gasteiger partial charge in [-0.1, -0.05) is 32.4 Å². The number of methoxy groups -OCH3 is 1. The van der Waals surface area contributed by atoms with E-state index in [0.29, 0.717) is 24.3 Å². The molecule has 2 N–H and O–H groups in total. The van der Waals surface area contributed by atoms with Gasteiger partial charge in [-0.15, -0.1) is 6.58 Å². The summed E-state index contributed by atoms with van der Waals surface area (Å²) in [5.41, 5.74) is 1.02. The van der Waals surface area contributed by atoms with E-state index in [1.165, 1.54) is 7.11 Å². The molecule has 132 valence electrons. The Morgan fingerprint density at radius 1 is 1.38 bits per heavy atom. The maximum absolute atomic E-state index is 12.0. The molecular weight excluding hydrogens is 310 g/mol. The smallest absolute Gasteiger partial charge is 0.326 e. The minimum atomic E-state index is -1.05. The second-order valence-corrected chi connectivity index (χ2v) is 5.54. The van der Waals surface area contributed by atoms with Gasteiger partial charge in [-0.05, 0) is 30.0 Å². The van der Waals surface area contributed by atoms with Crippen LogP contribution in [0.1, 0.15) is 25.8 Å². The summed E-state index contributed by atoms with van der Waals surface area (Å²) in [4.78, 5) is 23.2. The lowest BCUT2D eigenvalue weighted by atomic mass is 9.99. The number of carboxylic acid groups (broad SMARTS) is 1. The lowest BCUT2D eigenvalue weighted by Gasteiger charge is -2.20. The molecule has 1 amide bonds. The van der Waals surface area contributed by atoms with Crippen molar-refractivity contribution in [3.8, 4) is 11.5 Å². The Kier molecular flexibility index (Phi) is 7.82. The number of carboxylic acids is 1. The molecule has 0 heterocycles. The van der Waals surface area contributed by atoms with E-state index in [0.717, 1.165) is 5.56 Å². The van der Waals surface area contributed by atoms with Crippen LogP contribution in [0, 0.1) is 5.92 Å². The number of carbonyl (C=O) groups excluding carboxylic acids is 1. The number of allylic oxidation sites excluding steroid dienone is 1. The molecule has 0 aliphatic heterocycles. The Hall–Kier alpha value is -2.50. The van der Waals surface area contributed by atoms with Crippen molar-refractivity contribution in [2.24, 2.45) is 5.92 Å². The average Bonchev–Trinajstić information content (AvgIpc) is 2.57. The van der Waals surface area contributed by atoms with Gasteiger partial charge in [0.25, 0.3) is 5.91 Å². The van der Waals surface area contributed by atoms with E-state index >= 15 is 0 Å². The zero-order chi connectivity index (χ0) is 18.1. The number of ether oxygens (including phenoxy) is 2. The van der Waals surface area contributed by atoms with Gasteiger partial charge in [0.05, 0.1) is 7.11 Å². The van der Waals surface area contributed by atoms with Crippen LogP contribution in [-0.4, -0.2) is 36.7 Å². The Morgan fingerprint density at radius 2 is 2.08 bits per heavy atom. The topological polar surface area (TPSA) is 84.9 Å². The number of nitrogens with one attached hydrogen (secondary N) is 1. The molecule has 0 aromatic heterocycles. The molecule has 6 nitrogen and oxygen atoms in total. The van der Waals surface area contributed by atoms with Crippen molar-refractivity contribution in [1.29, 1.82) is 0 Å². The molecule has 0 unspecified atom stereocenters. The molecule has 0 spiro atoms. The van der Waals surface area contributed by atoms with Gasteiger partial charge in [-0.25, -0.2) is 4.79 Å². The van der Waals surface area contributed by atoms with Crippen molar-refractivity contribution in [3.05, 3.63) is 36.4 Å². The number of hydrogen-bond acceptors (Lipinski definition) is 4. The van der Waals surface area contributed by atoms with Crippen LogP contribution in [0.5, 0.6) is 11.5 Å². The first-order valence-electron chi connectivity index (χ1n) is 7.85. The fourth-order valence-corrected chi connectivity index (χ4v) is 2.17. The number of aliphatic carboxylic acids is 1. The van der Waals surface area contributed by atoms with Crippen LogP contribution >= 0.6 is 0 Å². The highest BCUT2D eigenvalue weighted by atomic mass is 16.5. The molecule has 0 saturated carbocycles. The highest BCUT2D eigenvalue weighted by Gasteiger charge is 2.25. The Morgan fingerprint density at radius 3 is 2.62 bits per heavy atom. The van der Waals surface area contributed by atoms with Crippen LogP contribution in [0.15, 0.2) is 30.9 Å². The predicted octanol–water partition coefficient (Wildman–Crippen LogP) is 2.42. The minimum Gasteiger partial charge on any atom is -0.493 e. The highest BCUT2D eigenvalue weighted by molar-refractivity contribution is 5.84. The van der Waals surface area contributed by atoms with Crippen LogP contribution in [0.3, 0.4) is 0 Å². The van der Waals surface area contributed by atoms with E-state index < -0.39 is 17.9 Å². The summed E-state index contributed by atoms with van der Waals surface area (Å²) < 4.78 is 10.7. The molecule has 0 aliphatic rings. The van der Waals surface area contributed by atoms with E-state index in [-0.39, 0.29) is 12.5 Å².